The van der Waals surface area contributed by atoms with Gasteiger partial charge in [0, 0.05) is 18.7 Å². The first-order valence-corrected chi connectivity index (χ1v) is 11.1. The van der Waals surface area contributed by atoms with Gasteiger partial charge in [-0.05, 0) is 42.3 Å². The van der Waals surface area contributed by atoms with Gasteiger partial charge in [0.25, 0.3) is 10.0 Å². The Morgan fingerprint density at radius 1 is 1.00 bits per heavy atom. The second-order valence-corrected chi connectivity index (χ2v) is 8.90. The molecule has 0 aliphatic rings. The molecule has 0 bridgehead atoms. The summed E-state index contributed by atoms with van der Waals surface area (Å²) in [6, 6.07) is 13.4. The first-order chi connectivity index (χ1) is 14.8. The van der Waals surface area contributed by atoms with Crippen molar-refractivity contribution >= 4 is 21.4 Å². The predicted octanol–water partition coefficient (Wildman–Crippen LogP) is 4.27. The molecule has 0 unspecified atom stereocenters. The number of benzene rings is 2. The lowest BCUT2D eigenvalue weighted by Gasteiger charge is -2.25. The van der Waals surface area contributed by atoms with Gasteiger partial charge in [0.15, 0.2) is 17.3 Å². The van der Waals surface area contributed by atoms with Crippen molar-refractivity contribution in [3.05, 3.63) is 89.4 Å². The van der Waals surface area contributed by atoms with Gasteiger partial charge in [-0.15, -0.1) is 10.2 Å². The fourth-order valence-corrected chi connectivity index (χ4v) is 4.96. The Kier molecular flexibility index (Phi) is 5.45. The van der Waals surface area contributed by atoms with Crippen molar-refractivity contribution in [3.8, 4) is 0 Å². The molecule has 0 N–H and O–H groups in total. The van der Waals surface area contributed by atoms with Gasteiger partial charge in [0.1, 0.15) is 10.7 Å². The van der Waals surface area contributed by atoms with Gasteiger partial charge in [-0.2, -0.15) is 0 Å². The van der Waals surface area contributed by atoms with Crippen molar-refractivity contribution in [1.29, 1.82) is 0 Å². The number of halogens is 2. The maximum Gasteiger partial charge on any atom is 0.268 e. The number of hydrogen-bond donors (Lipinski definition) is 0. The van der Waals surface area contributed by atoms with E-state index in [0.717, 1.165) is 27.6 Å². The normalized spacial score (nSPS) is 11.7. The molecule has 0 saturated carbocycles. The first kappa shape index (κ1) is 20.9. The largest absolute Gasteiger partial charge is 0.285 e. The Morgan fingerprint density at radius 2 is 1.77 bits per heavy atom. The molecule has 160 valence electrons. The van der Waals surface area contributed by atoms with Crippen LogP contribution in [0.4, 0.5) is 14.5 Å². The molecule has 2 aromatic heterocycles. The zero-order chi connectivity index (χ0) is 22.2. The third-order valence-electron chi connectivity index (χ3n) is 5.12. The topological polar surface area (TPSA) is 67.6 Å². The van der Waals surface area contributed by atoms with Crippen LogP contribution in [-0.4, -0.2) is 23.0 Å². The minimum absolute atomic E-state index is 0.0133. The fourth-order valence-electron chi connectivity index (χ4n) is 3.40. The maximum atomic E-state index is 14.0. The Hall–Kier alpha value is -3.33. The molecule has 0 saturated heterocycles. The van der Waals surface area contributed by atoms with Crippen LogP contribution < -0.4 is 4.31 Å². The number of hydrogen-bond acceptors (Lipinski definition) is 4. The lowest BCUT2D eigenvalue weighted by Crippen LogP contribution is -2.31. The number of anilines is 1. The van der Waals surface area contributed by atoms with Crippen molar-refractivity contribution < 1.29 is 17.2 Å². The SMILES string of the molecule is CCc1nnc2c(S(=O)(=O)N(Cc3ccccc3C)c3ccc(F)c(F)c3)cccn12. The Balaban J connectivity index is 1.91. The van der Waals surface area contributed by atoms with Crippen LogP contribution in [0.3, 0.4) is 0 Å². The monoisotopic (exact) mass is 442 g/mol. The van der Waals surface area contributed by atoms with Crippen LogP contribution in [0.15, 0.2) is 65.7 Å². The van der Waals surface area contributed by atoms with Gasteiger partial charge in [-0.25, -0.2) is 17.2 Å². The lowest BCUT2D eigenvalue weighted by molar-refractivity contribution is 0.508. The summed E-state index contributed by atoms with van der Waals surface area (Å²) in [5, 5.41) is 8.13. The van der Waals surface area contributed by atoms with Crippen LogP contribution in [0.1, 0.15) is 23.9 Å². The predicted molar refractivity (Wildman–Crippen MR) is 113 cm³/mol. The molecule has 0 fully saturated rings. The fraction of sp³-hybridized carbons (Fsp3) is 0.182. The van der Waals surface area contributed by atoms with E-state index < -0.39 is 21.7 Å². The summed E-state index contributed by atoms with van der Waals surface area (Å²) < 4.78 is 57.8. The van der Waals surface area contributed by atoms with E-state index >= 15 is 0 Å². The van der Waals surface area contributed by atoms with Gasteiger partial charge >= 0.3 is 0 Å². The Bertz CT molecular complexity index is 1370. The summed E-state index contributed by atoms with van der Waals surface area (Å²) in [7, 11) is -4.20. The lowest BCUT2D eigenvalue weighted by atomic mass is 10.1. The molecular weight excluding hydrogens is 422 g/mol. The molecule has 0 aliphatic carbocycles. The standard InChI is InChI=1S/C22H20F2N4O2S/c1-3-21-25-26-22-20(9-6-12-27(21)22)31(29,30)28(14-16-8-5-4-7-15(16)2)17-10-11-18(23)19(24)13-17/h4-13H,3,14H2,1-2H3. The van der Waals surface area contributed by atoms with E-state index in [4.69, 9.17) is 0 Å². The van der Waals surface area contributed by atoms with Gasteiger partial charge < -0.3 is 0 Å². The van der Waals surface area contributed by atoms with E-state index in [9.17, 15) is 17.2 Å². The number of aromatic nitrogens is 3. The number of pyridine rings is 1. The van der Waals surface area contributed by atoms with E-state index in [1.54, 1.807) is 28.8 Å². The highest BCUT2D eigenvalue weighted by molar-refractivity contribution is 7.93. The third-order valence-corrected chi connectivity index (χ3v) is 6.91. The quantitative estimate of drug-likeness (QED) is 0.447. The van der Waals surface area contributed by atoms with E-state index in [1.165, 1.54) is 12.1 Å². The molecule has 6 nitrogen and oxygen atoms in total. The number of nitrogens with zero attached hydrogens (tertiary/aromatic N) is 4. The summed E-state index contributed by atoms with van der Waals surface area (Å²) >= 11 is 0. The molecular formula is C22H20F2N4O2S. The van der Waals surface area contributed by atoms with Crippen molar-refractivity contribution in [1.82, 2.24) is 14.6 Å². The highest BCUT2D eigenvalue weighted by Gasteiger charge is 2.29. The van der Waals surface area contributed by atoms with Gasteiger partial charge in [-0.1, -0.05) is 31.2 Å². The van der Waals surface area contributed by atoms with Crippen molar-refractivity contribution in [2.75, 3.05) is 4.31 Å². The van der Waals surface area contributed by atoms with E-state index in [2.05, 4.69) is 10.2 Å². The molecule has 0 amide bonds. The van der Waals surface area contributed by atoms with Crippen LogP contribution in [0.5, 0.6) is 0 Å². The van der Waals surface area contributed by atoms with Crippen LogP contribution in [0, 0.1) is 18.6 Å². The highest BCUT2D eigenvalue weighted by Crippen LogP contribution is 2.29. The molecule has 2 heterocycles. The summed E-state index contributed by atoms with van der Waals surface area (Å²) in [5.74, 6) is -1.56. The molecule has 4 aromatic rings. The highest BCUT2D eigenvalue weighted by atomic mass is 32.2. The van der Waals surface area contributed by atoms with E-state index in [0.29, 0.717) is 12.2 Å². The van der Waals surface area contributed by atoms with Crippen LogP contribution >= 0.6 is 0 Å². The second kappa shape index (κ2) is 8.07. The molecule has 9 heteroatoms. The third kappa shape index (κ3) is 3.76. The molecule has 0 aliphatic heterocycles. The zero-order valence-corrected chi connectivity index (χ0v) is 17.8. The van der Waals surface area contributed by atoms with Gasteiger partial charge in [0.2, 0.25) is 0 Å². The number of rotatable bonds is 6. The summed E-state index contributed by atoms with van der Waals surface area (Å²) in [6.07, 6.45) is 2.26. The van der Waals surface area contributed by atoms with Gasteiger partial charge in [0.05, 0.1) is 12.2 Å². The van der Waals surface area contributed by atoms with E-state index in [1.807, 2.05) is 26.0 Å². The second-order valence-electron chi connectivity index (χ2n) is 7.07. The maximum absolute atomic E-state index is 14.0. The average Bonchev–Trinajstić information content (AvgIpc) is 3.18. The molecule has 0 spiro atoms. The number of sulfonamides is 1. The summed E-state index contributed by atoms with van der Waals surface area (Å²) in [6.45, 7) is 3.69. The summed E-state index contributed by atoms with van der Waals surface area (Å²) in [4.78, 5) is -0.0690. The van der Waals surface area contributed by atoms with Crippen molar-refractivity contribution in [2.24, 2.45) is 0 Å². The molecule has 0 atom stereocenters. The molecule has 0 radical (unpaired) electrons. The molecule has 31 heavy (non-hydrogen) atoms. The number of aryl methyl sites for hydroxylation is 2. The number of fused-ring (bicyclic) bond motifs is 1. The minimum atomic E-state index is -4.20. The minimum Gasteiger partial charge on any atom is -0.285 e. The molecule has 4 rings (SSSR count). The van der Waals surface area contributed by atoms with E-state index in [-0.39, 0.29) is 22.8 Å². The summed E-state index contributed by atoms with van der Waals surface area (Å²) in [5.41, 5.74) is 1.80. The average molecular weight is 442 g/mol. The zero-order valence-electron chi connectivity index (χ0n) is 17.0. The molecule has 2 aromatic carbocycles. The first-order valence-electron chi connectivity index (χ1n) is 9.68. The Morgan fingerprint density at radius 3 is 2.48 bits per heavy atom. The van der Waals surface area contributed by atoms with Crippen molar-refractivity contribution in [3.63, 3.8) is 0 Å². The van der Waals surface area contributed by atoms with Crippen LogP contribution in [0.2, 0.25) is 0 Å². The van der Waals surface area contributed by atoms with Gasteiger partial charge in [-0.3, -0.25) is 8.71 Å². The van der Waals surface area contributed by atoms with Crippen LogP contribution in [-0.2, 0) is 23.0 Å². The smallest absolute Gasteiger partial charge is 0.268 e. The Labute approximate surface area is 178 Å². The van der Waals surface area contributed by atoms with Crippen molar-refractivity contribution in [2.45, 2.75) is 31.7 Å². The van der Waals surface area contributed by atoms with Crippen LogP contribution in [0.25, 0.3) is 5.65 Å².